The molecule has 2 aliphatic rings. The molecule has 4 rings (SSSR count). The lowest BCUT2D eigenvalue weighted by Crippen LogP contribution is -2.52. The van der Waals surface area contributed by atoms with Gasteiger partial charge in [-0.15, -0.1) is 0 Å². The van der Waals surface area contributed by atoms with Crippen molar-refractivity contribution >= 4 is 28.4 Å². The zero-order chi connectivity index (χ0) is 15.8. The van der Waals surface area contributed by atoms with Gasteiger partial charge in [0.2, 0.25) is 5.91 Å². The maximum atomic E-state index is 12.6. The summed E-state index contributed by atoms with van der Waals surface area (Å²) in [7, 11) is 0. The first-order valence-corrected chi connectivity index (χ1v) is 7.75. The Morgan fingerprint density at radius 2 is 2.00 bits per heavy atom. The number of aromatic amines is 1. The molecule has 120 valence electrons. The fraction of sp³-hybridized carbons (Fsp3) is 0.375. The molecule has 2 saturated heterocycles. The highest BCUT2D eigenvalue weighted by Crippen LogP contribution is 2.26. The van der Waals surface area contributed by atoms with Crippen LogP contribution in [0.25, 0.3) is 10.9 Å². The predicted molar refractivity (Wildman–Crippen MR) is 84.7 cm³/mol. The summed E-state index contributed by atoms with van der Waals surface area (Å²) in [5.74, 6) is -0.376. The molecule has 0 saturated carbocycles. The second kappa shape index (κ2) is 5.77. The molecule has 2 aliphatic heterocycles. The molecule has 2 fully saturated rings. The first-order valence-electron chi connectivity index (χ1n) is 7.75. The molecule has 23 heavy (non-hydrogen) atoms. The second-order valence-electron chi connectivity index (χ2n) is 5.80. The topological polar surface area (TPSA) is 77.7 Å². The third-order valence-electron chi connectivity index (χ3n) is 4.29. The van der Waals surface area contributed by atoms with Crippen LogP contribution in [0.1, 0.15) is 6.42 Å². The van der Waals surface area contributed by atoms with Gasteiger partial charge in [0.15, 0.2) is 0 Å². The quantitative estimate of drug-likeness (QED) is 0.813. The second-order valence-corrected chi connectivity index (χ2v) is 5.80. The number of hydrogen-bond donors (Lipinski definition) is 2. The minimum Gasteiger partial charge on any atom is -0.379 e. The standard InChI is InChI=1S/C16H18N4O3/c21-15-10-14(18-19-5-7-23-8-6-19)16(22)20(15)12-2-1-11-3-4-17-13(11)9-12/h1-4,9,14,17-18H,5-8,10H2. The van der Waals surface area contributed by atoms with Crippen molar-refractivity contribution in [2.75, 3.05) is 31.2 Å². The number of hydrogen-bond acceptors (Lipinski definition) is 5. The van der Waals surface area contributed by atoms with Crippen molar-refractivity contribution in [1.29, 1.82) is 0 Å². The lowest BCUT2D eigenvalue weighted by Gasteiger charge is -2.29. The van der Waals surface area contributed by atoms with Gasteiger partial charge in [0.25, 0.3) is 5.91 Å². The molecule has 1 atom stereocenters. The molecule has 1 unspecified atom stereocenters. The van der Waals surface area contributed by atoms with Crippen molar-refractivity contribution in [3.63, 3.8) is 0 Å². The van der Waals surface area contributed by atoms with Crippen LogP contribution in [0, 0.1) is 0 Å². The fourth-order valence-corrected chi connectivity index (χ4v) is 3.09. The molecule has 2 aromatic rings. The van der Waals surface area contributed by atoms with Gasteiger partial charge < -0.3 is 9.72 Å². The van der Waals surface area contributed by atoms with Crippen LogP contribution < -0.4 is 10.3 Å². The molecule has 7 nitrogen and oxygen atoms in total. The molecule has 0 radical (unpaired) electrons. The van der Waals surface area contributed by atoms with Crippen LogP contribution in [0.5, 0.6) is 0 Å². The number of aromatic nitrogens is 1. The van der Waals surface area contributed by atoms with Crippen molar-refractivity contribution in [3.05, 3.63) is 30.5 Å². The highest BCUT2D eigenvalue weighted by molar-refractivity contribution is 6.22. The van der Waals surface area contributed by atoms with Crippen molar-refractivity contribution in [2.24, 2.45) is 0 Å². The van der Waals surface area contributed by atoms with Crippen molar-refractivity contribution in [3.8, 4) is 0 Å². The minimum absolute atomic E-state index is 0.174. The van der Waals surface area contributed by atoms with E-state index >= 15 is 0 Å². The third-order valence-corrected chi connectivity index (χ3v) is 4.29. The lowest BCUT2D eigenvalue weighted by molar-refractivity contribution is -0.122. The van der Waals surface area contributed by atoms with Gasteiger partial charge in [-0.3, -0.25) is 9.59 Å². The minimum atomic E-state index is -0.500. The summed E-state index contributed by atoms with van der Waals surface area (Å²) in [5, 5.41) is 3.01. The average molecular weight is 314 g/mol. The number of nitrogens with one attached hydrogen (secondary N) is 2. The van der Waals surface area contributed by atoms with Gasteiger partial charge in [-0.2, -0.15) is 0 Å². The first-order chi connectivity index (χ1) is 11.2. The van der Waals surface area contributed by atoms with Crippen LogP contribution in [-0.4, -0.2) is 54.2 Å². The number of hydrazine groups is 1. The number of rotatable bonds is 3. The lowest BCUT2D eigenvalue weighted by atomic mass is 10.2. The van der Waals surface area contributed by atoms with E-state index in [-0.39, 0.29) is 18.2 Å². The Balaban J connectivity index is 1.54. The van der Waals surface area contributed by atoms with Crippen LogP contribution in [0.4, 0.5) is 5.69 Å². The van der Waals surface area contributed by atoms with E-state index in [1.165, 1.54) is 4.90 Å². The van der Waals surface area contributed by atoms with E-state index < -0.39 is 6.04 Å². The molecule has 2 amide bonds. The van der Waals surface area contributed by atoms with E-state index in [0.29, 0.717) is 32.0 Å². The zero-order valence-corrected chi connectivity index (χ0v) is 12.6. The van der Waals surface area contributed by atoms with Gasteiger partial charge >= 0.3 is 0 Å². The number of nitrogens with zero attached hydrogens (tertiary/aromatic N) is 2. The largest absolute Gasteiger partial charge is 0.379 e. The van der Waals surface area contributed by atoms with Crippen LogP contribution in [-0.2, 0) is 14.3 Å². The highest BCUT2D eigenvalue weighted by Gasteiger charge is 2.40. The summed E-state index contributed by atoms with van der Waals surface area (Å²) in [6.07, 6.45) is 2.02. The normalized spacial score (nSPS) is 23.1. The summed E-state index contributed by atoms with van der Waals surface area (Å²) >= 11 is 0. The molecule has 1 aromatic carbocycles. The number of fused-ring (bicyclic) bond motifs is 1. The monoisotopic (exact) mass is 314 g/mol. The molecule has 0 bridgehead atoms. The molecular weight excluding hydrogens is 296 g/mol. The van der Waals surface area contributed by atoms with Crippen LogP contribution >= 0.6 is 0 Å². The van der Waals surface area contributed by atoms with Crippen LogP contribution in [0.2, 0.25) is 0 Å². The van der Waals surface area contributed by atoms with Gasteiger partial charge in [0.1, 0.15) is 6.04 Å². The Hall–Kier alpha value is -2.22. The molecule has 3 heterocycles. The molecule has 1 aromatic heterocycles. The van der Waals surface area contributed by atoms with Gasteiger partial charge in [0.05, 0.1) is 25.3 Å². The average Bonchev–Trinajstić information content (AvgIpc) is 3.13. The summed E-state index contributed by atoms with van der Waals surface area (Å²) in [6.45, 7) is 2.70. The van der Waals surface area contributed by atoms with Gasteiger partial charge in [-0.25, -0.2) is 15.3 Å². The molecule has 7 heteroatoms. The predicted octanol–water partition coefficient (Wildman–Crippen LogP) is 0.637. The molecular formula is C16H18N4O3. The number of ether oxygens (including phenoxy) is 1. The number of benzene rings is 1. The van der Waals surface area contributed by atoms with E-state index in [9.17, 15) is 9.59 Å². The number of imide groups is 1. The smallest absolute Gasteiger partial charge is 0.252 e. The van der Waals surface area contributed by atoms with Crippen molar-refractivity contribution < 1.29 is 14.3 Å². The zero-order valence-electron chi connectivity index (χ0n) is 12.6. The fourth-order valence-electron chi connectivity index (χ4n) is 3.09. The molecule has 0 aliphatic carbocycles. The number of H-pyrrole nitrogens is 1. The first kappa shape index (κ1) is 14.4. The maximum absolute atomic E-state index is 12.6. The highest BCUT2D eigenvalue weighted by atomic mass is 16.5. The molecule has 0 spiro atoms. The number of morpholine rings is 1. The van der Waals surface area contributed by atoms with Crippen molar-refractivity contribution in [1.82, 2.24) is 15.4 Å². The van der Waals surface area contributed by atoms with E-state index in [1.807, 2.05) is 35.5 Å². The number of amides is 2. The maximum Gasteiger partial charge on any atom is 0.252 e. The van der Waals surface area contributed by atoms with Gasteiger partial charge in [-0.05, 0) is 23.6 Å². The Labute approximate surface area is 133 Å². The number of carbonyl (C=O) groups excluding carboxylic acids is 2. The summed E-state index contributed by atoms with van der Waals surface area (Å²) < 4.78 is 5.29. The van der Waals surface area contributed by atoms with E-state index in [1.54, 1.807) is 0 Å². The van der Waals surface area contributed by atoms with Gasteiger partial charge in [0, 0.05) is 24.8 Å². The van der Waals surface area contributed by atoms with Crippen molar-refractivity contribution in [2.45, 2.75) is 12.5 Å². The van der Waals surface area contributed by atoms with Crippen LogP contribution in [0.15, 0.2) is 30.5 Å². The Morgan fingerprint density at radius 1 is 1.17 bits per heavy atom. The third kappa shape index (κ3) is 2.63. The summed E-state index contributed by atoms with van der Waals surface area (Å²) in [4.78, 5) is 29.3. The number of carbonyl (C=O) groups is 2. The van der Waals surface area contributed by atoms with E-state index in [0.717, 1.165) is 10.9 Å². The Kier molecular flexibility index (Phi) is 3.60. The summed E-state index contributed by atoms with van der Waals surface area (Å²) in [5.41, 5.74) is 4.69. The SMILES string of the molecule is O=C1CC(NN2CCOCC2)C(=O)N1c1ccc2cc[nH]c2c1. The van der Waals surface area contributed by atoms with Crippen LogP contribution in [0.3, 0.4) is 0 Å². The molecule has 2 N–H and O–H groups in total. The van der Waals surface area contributed by atoms with E-state index in [4.69, 9.17) is 4.74 Å². The van der Waals surface area contributed by atoms with E-state index in [2.05, 4.69) is 10.4 Å². The Morgan fingerprint density at radius 3 is 2.83 bits per heavy atom. The Bertz CT molecular complexity index is 751. The summed E-state index contributed by atoms with van der Waals surface area (Å²) in [6, 6.07) is 7.01. The number of anilines is 1. The van der Waals surface area contributed by atoms with Gasteiger partial charge in [-0.1, -0.05) is 6.07 Å².